The largest absolute Gasteiger partial charge is 0.343 e. The highest BCUT2D eigenvalue weighted by Gasteiger charge is 2.16. The normalized spacial score (nSPS) is 14.1. The maximum Gasteiger partial charge on any atom is 0.291 e. The lowest BCUT2D eigenvalue weighted by atomic mass is 10.1. The molecule has 0 bridgehead atoms. The summed E-state index contributed by atoms with van der Waals surface area (Å²) in [5, 5.41) is 7.72. The molecule has 1 aliphatic carbocycles. The number of allylic oxidation sites excluding steroid dienone is 4. The van der Waals surface area contributed by atoms with E-state index in [2.05, 4.69) is 26.9 Å². The second-order valence-electron chi connectivity index (χ2n) is 5.41. The highest BCUT2D eigenvalue weighted by Crippen LogP contribution is 2.16. The molecule has 1 atom stereocenters. The lowest BCUT2D eigenvalue weighted by Crippen LogP contribution is -2.27. The van der Waals surface area contributed by atoms with Crippen molar-refractivity contribution in [2.45, 2.75) is 19.9 Å². The Hall–Kier alpha value is -2.84. The molecule has 6 heteroatoms. The van der Waals surface area contributed by atoms with E-state index in [4.69, 9.17) is 11.6 Å². The van der Waals surface area contributed by atoms with Crippen molar-refractivity contribution >= 4 is 23.2 Å². The van der Waals surface area contributed by atoms with Crippen LogP contribution in [0.1, 0.15) is 36.1 Å². The Kier molecular flexibility index (Phi) is 4.50. The quantitative estimate of drug-likeness (QED) is 0.867. The number of carbonyl (C=O) groups excluding carboxylic acids is 1. The maximum absolute atomic E-state index is 12.3. The second-order valence-corrected chi connectivity index (χ2v) is 5.85. The molecule has 1 aliphatic rings. The van der Waals surface area contributed by atoms with Crippen LogP contribution in [-0.4, -0.2) is 20.7 Å². The molecular formula is C18H15ClN4O. The van der Waals surface area contributed by atoms with Crippen molar-refractivity contribution in [2.24, 2.45) is 0 Å². The fourth-order valence-corrected chi connectivity index (χ4v) is 2.29. The minimum atomic E-state index is -0.340. The number of rotatable bonds is 4. The average molecular weight is 339 g/mol. The predicted octanol–water partition coefficient (Wildman–Crippen LogP) is 3.53. The first-order chi connectivity index (χ1) is 11.5. The van der Waals surface area contributed by atoms with Gasteiger partial charge in [0.25, 0.3) is 5.91 Å². The predicted molar refractivity (Wildman–Crippen MR) is 92.4 cm³/mol. The van der Waals surface area contributed by atoms with Crippen LogP contribution in [0.2, 0.25) is 5.02 Å². The average Bonchev–Trinajstić information content (AvgIpc) is 3.06. The van der Waals surface area contributed by atoms with Gasteiger partial charge in [0.05, 0.1) is 6.04 Å². The number of hydrogen-bond donors (Lipinski definition) is 1. The monoisotopic (exact) mass is 338 g/mol. The molecule has 3 rings (SSSR count). The van der Waals surface area contributed by atoms with E-state index in [1.807, 2.05) is 38.1 Å². The highest BCUT2D eigenvalue weighted by atomic mass is 35.5. The molecule has 120 valence electrons. The molecule has 0 unspecified atom stereocenters. The van der Waals surface area contributed by atoms with Crippen LogP contribution in [-0.2, 0) is 0 Å². The van der Waals surface area contributed by atoms with Gasteiger partial charge in [-0.2, -0.15) is 0 Å². The molecular weight excluding hydrogens is 324 g/mol. The molecule has 2 aromatic rings. The number of nitrogens with zero attached hydrogens (tertiary/aromatic N) is 3. The molecule has 0 radical (unpaired) electrons. The van der Waals surface area contributed by atoms with Gasteiger partial charge in [-0.15, -0.1) is 5.10 Å². The number of carbonyl (C=O) groups is 1. The summed E-state index contributed by atoms with van der Waals surface area (Å²) in [6.45, 7) is 3.82. The Morgan fingerprint density at radius 3 is 2.67 bits per heavy atom. The van der Waals surface area contributed by atoms with Gasteiger partial charge < -0.3 is 5.32 Å². The van der Waals surface area contributed by atoms with Gasteiger partial charge in [0.1, 0.15) is 12.0 Å². The fraction of sp³-hybridized carbons (Fsp3) is 0.167. The minimum Gasteiger partial charge on any atom is -0.343 e. The van der Waals surface area contributed by atoms with E-state index in [0.717, 1.165) is 11.1 Å². The van der Waals surface area contributed by atoms with E-state index in [1.165, 1.54) is 11.0 Å². The number of aromatic nitrogens is 3. The van der Waals surface area contributed by atoms with Crippen molar-refractivity contribution in [3.05, 3.63) is 76.2 Å². The van der Waals surface area contributed by atoms with Gasteiger partial charge in [0.2, 0.25) is 5.82 Å². The summed E-state index contributed by atoms with van der Waals surface area (Å²) in [5.41, 5.74) is 8.55. The molecule has 1 aromatic heterocycles. The molecule has 1 heterocycles. The Labute approximate surface area is 144 Å². The van der Waals surface area contributed by atoms with Gasteiger partial charge in [-0.3, -0.25) is 4.79 Å². The van der Waals surface area contributed by atoms with Crippen LogP contribution < -0.4 is 5.32 Å². The molecule has 1 aromatic carbocycles. The van der Waals surface area contributed by atoms with E-state index in [-0.39, 0.29) is 17.8 Å². The first-order valence-corrected chi connectivity index (χ1v) is 7.80. The summed E-state index contributed by atoms with van der Waals surface area (Å²) in [6.07, 6.45) is 5.23. The number of nitrogens with one attached hydrogen (secondary N) is 1. The van der Waals surface area contributed by atoms with Crippen molar-refractivity contribution in [3.63, 3.8) is 0 Å². The van der Waals surface area contributed by atoms with Crippen LogP contribution in [0.4, 0.5) is 0 Å². The van der Waals surface area contributed by atoms with Crippen LogP contribution in [0.15, 0.2) is 59.8 Å². The van der Waals surface area contributed by atoms with Crippen LogP contribution >= 0.6 is 11.6 Å². The topological polar surface area (TPSA) is 59.8 Å². The molecule has 1 N–H and O–H groups in total. The van der Waals surface area contributed by atoms with Gasteiger partial charge in [-0.1, -0.05) is 29.5 Å². The Morgan fingerprint density at radius 1 is 1.25 bits per heavy atom. The van der Waals surface area contributed by atoms with Crippen molar-refractivity contribution < 1.29 is 4.79 Å². The summed E-state index contributed by atoms with van der Waals surface area (Å²) in [5.74, 6) is -0.239. The van der Waals surface area contributed by atoms with Crippen LogP contribution in [0.25, 0.3) is 5.70 Å². The minimum absolute atomic E-state index is 0.102. The van der Waals surface area contributed by atoms with Crippen LogP contribution in [0.3, 0.4) is 0 Å². The SMILES string of the molecule is CC1=C=C=C(n2cnc(C(=O)N[C@@H](C)c3ccc(Cl)cc3)n2)C=C1. The number of halogens is 1. The third kappa shape index (κ3) is 3.55. The smallest absolute Gasteiger partial charge is 0.291 e. The van der Waals surface area contributed by atoms with E-state index < -0.39 is 0 Å². The van der Waals surface area contributed by atoms with Gasteiger partial charge in [-0.05, 0) is 55.0 Å². The molecule has 0 aliphatic heterocycles. The van der Waals surface area contributed by atoms with Gasteiger partial charge in [0, 0.05) is 5.02 Å². The van der Waals surface area contributed by atoms with Gasteiger partial charge >= 0.3 is 0 Å². The maximum atomic E-state index is 12.3. The molecule has 1 amide bonds. The van der Waals surface area contributed by atoms with Gasteiger partial charge in [0.15, 0.2) is 0 Å². The van der Waals surface area contributed by atoms with E-state index in [9.17, 15) is 4.79 Å². The van der Waals surface area contributed by atoms with Crippen LogP contribution in [0.5, 0.6) is 0 Å². The van der Waals surface area contributed by atoms with Crippen molar-refractivity contribution in [1.29, 1.82) is 0 Å². The van der Waals surface area contributed by atoms with E-state index in [1.54, 1.807) is 12.1 Å². The lowest BCUT2D eigenvalue weighted by Gasteiger charge is -2.13. The van der Waals surface area contributed by atoms with E-state index >= 15 is 0 Å². The molecule has 0 saturated carbocycles. The van der Waals surface area contributed by atoms with Crippen molar-refractivity contribution in [2.75, 3.05) is 0 Å². The molecule has 0 spiro atoms. The Morgan fingerprint density at radius 2 is 2.00 bits per heavy atom. The summed E-state index contributed by atoms with van der Waals surface area (Å²) in [4.78, 5) is 16.4. The van der Waals surface area contributed by atoms with Crippen molar-refractivity contribution in [1.82, 2.24) is 20.1 Å². The summed E-state index contributed by atoms with van der Waals surface area (Å²) < 4.78 is 1.50. The Bertz CT molecular complexity index is 911. The molecule has 24 heavy (non-hydrogen) atoms. The highest BCUT2D eigenvalue weighted by molar-refractivity contribution is 6.30. The summed E-state index contributed by atoms with van der Waals surface area (Å²) in [7, 11) is 0. The van der Waals surface area contributed by atoms with Gasteiger partial charge in [-0.25, -0.2) is 9.67 Å². The zero-order valence-electron chi connectivity index (χ0n) is 13.2. The number of amides is 1. The number of hydrogen-bond acceptors (Lipinski definition) is 3. The third-order valence-corrected chi connectivity index (χ3v) is 3.79. The Balaban J connectivity index is 1.73. The zero-order valence-corrected chi connectivity index (χ0v) is 14.0. The van der Waals surface area contributed by atoms with Crippen molar-refractivity contribution in [3.8, 4) is 0 Å². The number of benzene rings is 1. The summed E-state index contributed by atoms with van der Waals surface area (Å²) >= 11 is 5.87. The first-order valence-electron chi connectivity index (χ1n) is 7.42. The molecule has 0 fully saturated rings. The third-order valence-electron chi connectivity index (χ3n) is 3.54. The fourth-order valence-electron chi connectivity index (χ4n) is 2.16. The summed E-state index contributed by atoms with van der Waals surface area (Å²) in [6, 6.07) is 7.14. The standard InChI is InChI=1S/C18H15ClN4O/c1-12-3-9-16(10-4-12)23-11-20-17(22-23)18(24)21-13(2)14-5-7-15(19)8-6-14/h3,5-9,11,13H,1-2H3,(H,21,24)/t13-/m0/s1. The second kappa shape index (κ2) is 6.73. The lowest BCUT2D eigenvalue weighted by molar-refractivity contribution is 0.0929. The molecule has 5 nitrogen and oxygen atoms in total. The van der Waals surface area contributed by atoms with E-state index in [0.29, 0.717) is 10.7 Å². The molecule has 0 saturated heterocycles. The van der Waals surface area contributed by atoms with Crippen LogP contribution in [0, 0.1) is 0 Å². The zero-order chi connectivity index (χ0) is 17.1. The first kappa shape index (κ1) is 16.0.